The Labute approximate surface area is 135 Å². The number of hydrogen-bond acceptors (Lipinski definition) is 3. The van der Waals surface area contributed by atoms with Gasteiger partial charge in [0.15, 0.2) is 0 Å². The fraction of sp³-hybridized carbons (Fsp3) is 0.625. The number of thiophene rings is 1. The SMILES string of the molecule is CC(C)(C)C1CCC(C(=O)N/N=C\c2ccc(Cl)s2)CC1. The van der Waals surface area contributed by atoms with Gasteiger partial charge in [-0.2, -0.15) is 5.10 Å². The molecule has 3 nitrogen and oxygen atoms in total. The highest BCUT2D eigenvalue weighted by atomic mass is 35.5. The number of halogens is 1. The van der Waals surface area contributed by atoms with E-state index in [9.17, 15) is 4.79 Å². The number of carbonyl (C=O) groups excluding carboxylic acids is 1. The molecule has 0 bridgehead atoms. The Kier molecular flexibility index (Phi) is 5.44. The first kappa shape index (κ1) is 16.5. The third-order valence-electron chi connectivity index (χ3n) is 4.28. The molecule has 0 atom stereocenters. The lowest BCUT2D eigenvalue weighted by Crippen LogP contribution is -2.33. The summed E-state index contributed by atoms with van der Waals surface area (Å²) in [5.41, 5.74) is 3.00. The highest BCUT2D eigenvalue weighted by Crippen LogP contribution is 2.39. The first-order chi connectivity index (χ1) is 9.86. The molecule has 1 aromatic rings. The van der Waals surface area contributed by atoms with Gasteiger partial charge in [0.1, 0.15) is 0 Å². The molecule has 2 rings (SSSR count). The highest BCUT2D eigenvalue weighted by Gasteiger charge is 2.32. The maximum absolute atomic E-state index is 12.1. The zero-order valence-electron chi connectivity index (χ0n) is 12.9. The van der Waals surface area contributed by atoms with E-state index < -0.39 is 0 Å². The summed E-state index contributed by atoms with van der Waals surface area (Å²) in [6.45, 7) is 6.86. The number of carbonyl (C=O) groups is 1. The lowest BCUT2D eigenvalue weighted by atomic mass is 9.70. The molecule has 0 unspecified atom stereocenters. The van der Waals surface area contributed by atoms with E-state index in [-0.39, 0.29) is 11.8 Å². The van der Waals surface area contributed by atoms with E-state index in [2.05, 4.69) is 31.3 Å². The smallest absolute Gasteiger partial charge is 0.243 e. The number of nitrogens with zero attached hydrogens (tertiary/aromatic N) is 1. The highest BCUT2D eigenvalue weighted by molar-refractivity contribution is 7.17. The van der Waals surface area contributed by atoms with Crippen molar-refractivity contribution >= 4 is 35.1 Å². The largest absolute Gasteiger partial charge is 0.273 e. The topological polar surface area (TPSA) is 41.5 Å². The van der Waals surface area contributed by atoms with Crippen LogP contribution in [0, 0.1) is 17.3 Å². The number of rotatable bonds is 3. The maximum atomic E-state index is 12.1. The first-order valence-corrected chi connectivity index (χ1v) is 8.64. The second-order valence-electron chi connectivity index (χ2n) is 6.79. The van der Waals surface area contributed by atoms with Gasteiger partial charge in [-0.1, -0.05) is 32.4 Å². The third kappa shape index (κ3) is 4.82. The molecule has 0 aromatic carbocycles. The van der Waals surface area contributed by atoms with Gasteiger partial charge in [0.05, 0.1) is 10.6 Å². The van der Waals surface area contributed by atoms with E-state index in [0.717, 1.165) is 40.8 Å². The molecule has 0 aliphatic heterocycles. The van der Waals surface area contributed by atoms with E-state index in [0.29, 0.717) is 5.41 Å². The van der Waals surface area contributed by atoms with Crippen molar-refractivity contribution in [3.05, 3.63) is 21.3 Å². The van der Waals surface area contributed by atoms with Crippen molar-refractivity contribution in [2.24, 2.45) is 22.4 Å². The predicted octanol–water partition coefficient (Wildman–Crippen LogP) is 4.70. The van der Waals surface area contributed by atoms with Crippen molar-refractivity contribution in [2.45, 2.75) is 46.5 Å². The monoisotopic (exact) mass is 326 g/mol. The van der Waals surface area contributed by atoms with Gasteiger partial charge in [-0.3, -0.25) is 4.79 Å². The lowest BCUT2D eigenvalue weighted by Gasteiger charge is -2.36. The molecule has 1 N–H and O–H groups in total. The van der Waals surface area contributed by atoms with Crippen LogP contribution in [0.25, 0.3) is 0 Å². The van der Waals surface area contributed by atoms with Crippen molar-refractivity contribution in [1.29, 1.82) is 0 Å². The van der Waals surface area contributed by atoms with Crippen molar-refractivity contribution < 1.29 is 4.79 Å². The van der Waals surface area contributed by atoms with Crippen molar-refractivity contribution in [3.8, 4) is 0 Å². The summed E-state index contributed by atoms with van der Waals surface area (Å²) < 4.78 is 0.725. The summed E-state index contributed by atoms with van der Waals surface area (Å²) in [5, 5.41) is 4.03. The molecular weight excluding hydrogens is 304 g/mol. The van der Waals surface area contributed by atoms with Crippen LogP contribution in [0.3, 0.4) is 0 Å². The minimum Gasteiger partial charge on any atom is -0.273 e. The maximum Gasteiger partial charge on any atom is 0.243 e. The van der Waals surface area contributed by atoms with E-state index in [4.69, 9.17) is 11.6 Å². The Balaban J connectivity index is 1.79. The van der Waals surface area contributed by atoms with Crippen molar-refractivity contribution in [1.82, 2.24) is 5.43 Å². The fourth-order valence-corrected chi connectivity index (χ4v) is 3.80. The molecule has 1 fully saturated rings. The van der Waals surface area contributed by atoms with Crippen LogP contribution in [-0.2, 0) is 4.79 Å². The van der Waals surface area contributed by atoms with Gasteiger partial charge in [-0.15, -0.1) is 11.3 Å². The van der Waals surface area contributed by atoms with Gasteiger partial charge >= 0.3 is 0 Å². The van der Waals surface area contributed by atoms with Gasteiger partial charge in [0.2, 0.25) is 5.91 Å². The summed E-state index contributed by atoms with van der Waals surface area (Å²) in [7, 11) is 0. The van der Waals surface area contributed by atoms with Crippen molar-refractivity contribution in [3.63, 3.8) is 0 Å². The number of nitrogens with one attached hydrogen (secondary N) is 1. The Hall–Kier alpha value is -0.870. The quantitative estimate of drug-likeness (QED) is 0.634. The molecular formula is C16H23ClN2OS. The Morgan fingerprint density at radius 3 is 2.52 bits per heavy atom. The van der Waals surface area contributed by atoms with Gasteiger partial charge in [0.25, 0.3) is 0 Å². The van der Waals surface area contributed by atoms with Gasteiger partial charge in [-0.25, -0.2) is 5.43 Å². The Bertz CT molecular complexity index is 511. The van der Waals surface area contributed by atoms with Crippen molar-refractivity contribution in [2.75, 3.05) is 0 Å². The fourth-order valence-electron chi connectivity index (χ4n) is 2.87. The minimum atomic E-state index is 0.0428. The molecule has 21 heavy (non-hydrogen) atoms. The zero-order chi connectivity index (χ0) is 15.5. The van der Waals surface area contributed by atoms with Crippen LogP contribution < -0.4 is 5.43 Å². The molecule has 1 aliphatic rings. The third-order valence-corrected chi connectivity index (χ3v) is 5.45. The summed E-state index contributed by atoms with van der Waals surface area (Å²) in [6.07, 6.45) is 5.84. The molecule has 1 amide bonds. The molecule has 1 aliphatic carbocycles. The summed E-state index contributed by atoms with van der Waals surface area (Å²) in [5.74, 6) is 0.868. The molecule has 1 aromatic heterocycles. The molecule has 0 saturated heterocycles. The van der Waals surface area contributed by atoms with E-state index in [1.54, 1.807) is 6.21 Å². The van der Waals surface area contributed by atoms with Crippen LogP contribution in [0.2, 0.25) is 4.34 Å². The molecule has 1 heterocycles. The Morgan fingerprint density at radius 1 is 1.33 bits per heavy atom. The second-order valence-corrected chi connectivity index (χ2v) is 8.54. The van der Waals surface area contributed by atoms with E-state index in [1.807, 2.05) is 12.1 Å². The van der Waals surface area contributed by atoms with E-state index >= 15 is 0 Å². The van der Waals surface area contributed by atoms with Gasteiger partial charge in [0, 0.05) is 10.8 Å². The predicted molar refractivity (Wildman–Crippen MR) is 90.0 cm³/mol. The number of hydrogen-bond donors (Lipinski definition) is 1. The lowest BCUT2D eigenvalue weighted by molar-refractivity contribution is -0.126. The molecule has 0 spiro atoms. The van der Waals surface area contributed by atoms with Crippen LogP contribution in [0.5, 0.6) is 0 Å². The summed E-state index contributed by atoms with van der Waals surface area (Å²) in [4.78, 5) is 13.0. The normalized spacial score (nSPS) is 23.4. The van der Waals surface area contributed by atoms with Crippen LogP contribution in [-0.4, -0.2) is 12.1 Å². The van der Waals surface area contributed by atoms with Crippen LogP contribution >= 0.6 is 22.9 Å². The van der Waals surface area contributed by atoms with Gasteiger partial charge < -0.3 is 0 Å². The van der Waals surface area contributed by atoms with Crippen LogP contribution in [0.15, 0.2) is 17.2 Å². The molecule has 0 radical (unpaired) electrons. The minimum absolute atomic E-state index is 0.0428. The standard InChI is InChI=1S/C16H23ClN2OS/c1-16(2,3)12-6-4-11(5-7-12)15(20)19-18-10-13-8-9-14(17)21-13/h8-12H,4-7H2,1-3H3,(H,19,20)/b18-10-. The molecule has 1 saturated carbocycles. The number of amides is 1. The average Bonchev–Trinajstić information content (AvgIpc) is 2.83. The summed E-state index contributed by atoms with van der Waals surface area (Å²) in [6, 6.07) is 3.71. The molecule has 5 heteroatoms. The van der Waals surface area contributed by atoms with Gasteiger partial charge in [-0.05, 0) is 49.1 Å². The average molecular weight is 327 g/mol. The second kappa shape index (κ2) is 6.93. The van der Waals surface area contributed by atoms with Crippen LogP contribution in [0.1, 0.15) is 51.3 Å². The summed E-state index contributed by atoms with van der Waals surface area (Å²) >= 11 is 7.29. The first-order valence-electron chi connectivity index (χ1n) is 7.44. The van der Waals surface area contributed by atoms with Crippen LogP contribution in [0.4, 0.5) is 0 Å². The molecule has 116 valence electrons. The number of hydrazone groups is 1. The zero-order valence-corrected chi connectivity index (χ0v) is 14.4. The Morgan fingerprint density at radius 2 is 2.00 bits per heavy atom. The van der Waals surface area contributed by atoms with E-state index in [1.165, 1.54) is 11.3 Å².